The first-order chi connectivity index (χ1) is 28.5. The molecule has 0 atom stereocenters. The summed E-state index contributed by atoms with van der Waals surface area (Å²) in [5.74, 6) is -6.77. The van der Waals surface area contributed by atoms with Crippen LogP contribution in [0.1, 0.15) is 84.4 Å². The van der Waals surface area contributed by atoms with Crippen molar-refractivity contribution in [3.8, 4) is 22.6 Å². The van der Waals surface area contributed by atoms with Crippen LogP contribution in [0.25, 0.3) is 11.1 Å². The van der Waals surface area contributed by atoms with E-state index in [0.717, 1.165) is 48.5 Å². The highest BCUT2D eigenvalue weighted by atomic mass is 19.4. The van der Waals surface area contributed by atoms with Crippen LogP contribution in [-0.4, -0.2) is 59.9 Å². The predicted molar refractivity (Wildman–Crippen MR) is 207 cm³/mol. The van der Waals surface area contributed by atoms with Crippen LogP contribution in [0.5, 0.6) is 11.5 Å². The first kappa shape index (κ1) is 44.4. The molecule has 0 spiro atoms. The van der Waals surface area contributed by atoms with Gasteiger partial charge >= 0.3 is 24.3 Å². The smallest absolute Gasteiger partial charge is 0.417 e. The molecule has 4 amide bonds. The van der Waals surface area contributed by atoms with Crippen LogP contribution in [0.15, 0.2) is 84.9 Å². The maximum absolute atomic E-state index is 14.6. The molecular formula is C42H32F6N4O9. The van der Waals surface area contributed by atoms with Crippen molar-refractivity contribution in [3.63, 3.8) is 0 Å². The van der Waals surface area contributed by atoms with E-state index < -0.39 is 98.2 Å². The van der Waals surface area contributed by atoms with Gasteiger partial charge in [0.15, 0.2) is 0 Å². The molecule has 0 fully saturated rings. The van der Waals surface area contributed by atoms with Crippen molar-refractivity contribution in [1.82, 2.24) is 10.6 Å². The van der Waals surface area contributed by atoms with Gasteiger partial charge in [0.2, 0.25) is 0 Å². The lowest BCUT2D eigenvalue weighted by Gasteiger charge is -2.20. The molecule has 0 saturated heterocycles. The summed E-state index contributed by atoms with van der Waals surface area (Å²) < 4.78 is 92.9. The third-order valence-corrected chi connectivity index (χ3v) is 9.14. The van der Waals surface area contributed by atoms with E-state index in [-0.39, 0.29) is 28.2 Å². The second kappa shape index (κ2) is 17.3. The van der Waals surface area contributed by atoms with E-state index in [2.05, 4.69) is 21.3 Å². The Kier molecular flexibility index (Phi) is 12.6. The van der Waals surface area contributed by atoms with Crippen LogP contribution in [0.3, 0.4) is 0 Å². The van der Waals surface area contributed by atoms with Gasteiger partial charge in [-0.05, 0) is 109 Å². The normalized spacial score (nSPS) is 11.3. The van der Waals surface area contributed by atoms with Crippen molar-refractivity contribution in [2.24, 2.45) is 0 Å². The molecule has 316 valence electrons. The van der Waals surface area contributed by atoms with Gasteiger partial charge in [-0.2, -0.15) is 26.3 Å². The zero-order chi connectivity index (χ0) is 45.1. The van der Waals surface area contributed by atoms with Gasteiger partial charge in [-0.3, -0.25) is 19.2 Å². The van der Waals surface area contributed by atoms with E-state index >= 15 is 0 Å². The number of anilines is 2. The molecule has 0 saturated carbocycles. The first-order valence-corrected chi connectivity index (χ1v) is 17.6. The number of ether oxygens (including phenoxy) is 1. The fourth-order valence-electron chi connectivity index (χ4n) is 6.21. The van der Waals surface area contributed by atoms with Gasteiger partial charge in [0.05, 0.1) is 33.4 Å². The third kappa shape index (κ3) is 9.78. The lowest BCUT2D eigenvalue weighted by molar-refractivity contribution is -0.139. The van der Waals surface area contributed by atoms with Crippen molar-refractivity contribution >= 4 is 46.9 Å². The Morgan fingerprint density at radius 1 is 0.475 bits per heavy atom. The molecule has 0 heterocycles. The Labute approximate surface area is 341 Å². The Bertz CT molecular complexity index is 2640. The van der Waals surface area contributed by atoms with E-state index in [1.807, 2.05) is 0 Å². The number of halogens is 6. The zero-order valence-corrected chi connectivity index (χ0v) is 32.1. The second-order valence-electron chi connectivity index (χ2n) is 13.2. The molecule has 0 radical (unpaired) electrons. The van der Waals surface area contributed by atoms with Crippen LogP contribution in [0, 0.1) is 13.8 Å². The van der Waals surface area contributed by atoms with Crippen molar-refractivity contribution in [2.75, 3.05) is 24.7 Å². The quantitative estimate of drug-likeness (QED) is 0.0706. The first-order valence-electron chi connectivity index (χ1n) is 17.6. The highest BCUT2D eigenvalue weighted by molar-refractivity contribution is 6.11. The molecule has 0 aromatic heterocycles. The Morgan fingerprint density at radius 2 is 0.869 bits per heavy atom. The van der Waals surface area contributed by atoms with Crippen molar-refractivity contribution < 1.29 is 70.1 Å². The van der Waals surface area contributed by atoms with Gasteiger partial charge in [-0.1, -0.05) is 12.1 Å². The lowest BCUT2D eigenvalue weighted by atomic mass is 9.93. The molecule has 0 aliphatic heterocycles. The van der Waals surface area contributed by atoms with Crippen LogP contribution in [0.2, 0.25) is 0 Å². The van der Waals surface area contributed by atoms with Gasteiger partial charge in [0, 0.05) is 36.6 Å². The summed E-state index contributed by atoms with van der Waals surface area (Å²) in [6.07, 6.45) is -10.5. The number of benzene rings is 5. The van der Waals surface area contributed by atoms with Crippen LogP contribution < -0.4 is 26.0 Å². The summed E-state index contributed by atoms with van der Waals surface area (Å²) in [5, 5.41) is 28.5. The second-order valence-corrected chi connectivity index (χ2v) is 13.2. The summed E-state index contributed by atoms with van der Waals surface area (Å²) in [7, 11) is 2.69. The number of hydrogen-bond donors (Lipinski definition) is 6. The van der Waals surface area contributed by atoms with Crippen LogP contribution in [-0.2, 0) is 12.4 Å². The maximum Gasteiger partial charge on any atom is 0.417 e. The Balaban J connectivity index is 1.47. The summed E-state index contributed by atoms with van der Waals surface area (Å²) in [6, 6.07) is 13.2. The molecule has 5 rings (SSSR count). The number of carboxylic acid groups (broad SMARTS) is 2. The number of rotatable bonds is 11. The number of amides is 4. The zero-order valence-electron chi connectivity index (χ0n) is 32.1. The maximum atomic E-state index is 14.6. The molecule has 0 unspecified atom stereocenters. The van der Waals surface area contributed by atoms with E-state index in [9.17, 15) is 65.3 Å². The number of carboxylic acids is 2. The molecule has 61 heavy (non-hydrogen) atoms. The Hall–Kier alpha value is -7.70. The van der Waals surface area contributed by atoms with E-state index in [1.54, 1.807) is 6.92 Å². The summed E-state index contributed by atoms with van der Waals surface area (Å²) in [4.78, 5) is 74.6. The minimum absolute atomic E-state index is 0.0256. The molecule has 0 aliphatic rings. The number of hydrogen-bond acceptors (Lipinski definition) is 7. The van der Waals surface area contributed by atoms with E-state index in [1.165, 1.54) is 39.2 Å². The van der Waals surface area contributed by atoms with Crippen molar-refractivity contribution in [3.05, 3.63) is 141 Å². The number of nitrogens with one attached hydrogen (secondary N) is 4. The molecule has 0 aliphatic carbocycles. The SMILES string of the molecule is CNC(=O)c1cc(C)c(C(=O)Nc2ccc(-c3ccc(NC(=O)c4cc(Oc5ccc(C(=O)NC)c(C(=O)O)c5)ccc4C(=O)O)cc3C(F)(F)F)c(C(F)(F)F)c2)cc1C. The summed E-state index contributed by atoms with van der Waals surface area (Å²) >= 11 is 0. The Morgan fingerprint density at radius 3 is 1.30 bits per heavy atom. The molecule has 5 aromatic carbocycles. The topological polar surface area (TPSA) is 200 Å². The molecule has 6 N–H and O–H groups in total. The fourth-order valence-corrected chi connectivity index (χ4v) is 6.21. The molecular weight excluding hydrogens is 818 g/mol. The minimum atomic E-state index is -5.30. The van der Waals surface area contributed by atoms with Crippen LogP contribution in [0.4, 0.5) is 37.7 Å². The standard InChI is InChI=1S/C42H32F6N4O9/c1-19-14-30(20(2)13-29(19)36(54)50-4)37(55)51-21-5-9-25(33(15-21)41(43,44)45)26-10-6-22(16-34(26)42(46,47)48)52-38(56)31-17-23(8-12-28(31)39(57)58)61-24-7-11-27(35(53)49-3)32(18-24)40(59)60/h5-18H,1-4H3,(H,49,53)(H,50,54)(H,51,55)(H,52,56)(H,57,58)(H,59,60). The number of aromatic carboxylic acids is 2. The minimum Gasteiger partial charge on any atom is -0.478 e. The highest BCUT2D eigenvalue weighted by Crippen LogP contribution is 2.44. The van der Waals surface area contributed by atoms with E-state index in [0.29, 0.717) is 29.3 Å². The van der Waals surface area contributed by atoms with Gasteiger partial charge in [-0.25, -0.2) is 9.59 Å². The molecule has 5 aromatic rings. The average molecular weight is 851 g/mol. The summed E-state index contributed by atoms with van der Waals surface area (Å²) in [6.45, 7) is 3.05. The number of alkyl halides is 6. The molecule has 0 bridgehead atoms. The monoisotopic (exact) mass is 850 g/mol. The largest absolute Gasteiger partial charge is 0.478 e. The van der Waals surface area contributed by atoms with E-state index in [4.69, 9.17) is 4.74 Å². The number of carbonyl (C=O) groups excluding carboxylic acids is 4. The number of aryl methyl sites for hydroxylation is 2. The summed E-state index contributed by atoms with van der Waals surface area (Å²) in [5.41, 5.74) is -6.96. The highest BCUT2D eigenvalue weighted by Gasteiger charge is 2.39. The van der Waals surface area contributed by atoms with Gasteiger partial charge in [0.25, 0.3) is 23.6 Å². The van der Waals surface area contributed by atoms with Gasteiger partial charge < -0.3 is 36.2 Å². The third-order valence-electron chi connectivity index (χ3n) is 9.14. The molecule has 13 nitrogen and oxygen atoms in total. The van der Waals surface area contributed by atoms with Crippen molar-refractivity contribution in [2.45, 2.75) is 26.2 Å². The molecule has 19 heteroatoms. The average Bonchev–Trinajstić information content (AvgIpc) is 3.20. The lowest BCUT2D eigenvalue weighted by Crippen LogP contribution is -2.21. The van der Waals surface area contributed by atoms with Crippen LogP contribution >= 0.6 is 0 Å². The predicted octanol–water partition coefficient (Wildman–Crippen LogP) is 8.42. The van der Waals surface area contributed by atoms with Crippen molar-refractivity contribution in [1.29, 1.82) is 0 Å². The number of carbonyl (C=O) groups is 6. The fraction of sp³-hybridized carbons (Fsp3) is 0.143. The van der Waals surface area contributed by atoms with Gasteiger partial charge in [-0.15, -0.1) is 0 Å². The van der Waals surface area contributed by atoms with Gasteiger partial charge in [0.1, 0.15) is 11.5 Å².